The molecular formula is C16H15Cl2N3O. The van der Waals surface area contributed by atoms with Gasteiger partial charge in [-0.15, -0.1) is 0 Å². The third-order valence-electron chi connectivity index (χ3n) is 4.29. The van der Waals surface area contributed by atoms with Gasteiger partial charge in [0, 0.05) is 23.5 Å². The van der Waals surface area contributed by atoms with Crippen LogP contribution in [0.15, 0.2) is 6.07 Å². The highest BCUT2D eigenvalue weighted by Gasteiger charge is 2.31. The minimum atomic E-state index is -0.302. The van der Waals surface area contributed by atoms with E-state index in [9.17, 15) is 4.79 Å². The number of halogens is 2. The van der Waals surface area contributed by atoms with E-state index in [1.807, 2.05) is 13.8 Å². The van der Waals surface area contributed by atoms with Gasteiger partial charge in [0.2, 0.25) is 5.91 Å². The Kier molecular flexibility index (Phi) is 3.80. The van der Waals surface area contributed by atoms with Crippen LogP contribution in [-0.2, 0) is 11.2 Å². The molecular weight excluding hydrogens is 321 g/mol. The second kappa shape index (κ2) is 5.49. The molecule has 2 atom stereocenters. The van der Waals surface area contributed by atoms with Crippen LogP contribution < -0.4 is 5.32 Å². The predicted molar refractivity (Wildman–Crippen MR) is 87.5 cm³/mol. The molecule has 0 saturated heterocycles. The Labute approximate surface area is 138 Å². The highest BCUT2D eigenvalue weighted by molar-refractivity contribution is 6.45. The van der Waals surface area contributed by atoms with E-state index in [0.29, 0.717) is 16.6 Å². The van der Waals surface area contributed by atoms with Crippen molar-refractivity contribution in [2.75, 3.05) is 6.54 Å². The van der Waals surface area contributed by atoms with Crippen LogP contribution in [0.1, 0.15) is 42.5 Å². The molecule has 2 N–H and O–H groups in total. The third kappa shape index (κ3) is 2.16. The molecule has 6 heteroatoms. The van der Waals surface area contributed by atoms with E-state index in [1.165, 1.54) is 0 Å². The molecule has 0 unspecified atom stereocenters. The number of fused-ring (bicyclic) bond motifs is 3. The van der Waals surface area contributed by atoms with Crippen LogP contribution in [0.3, 0.4) is 0 Å². The van der Waals surface area contributed by atoms with E-state index in [1.54, 1.807) is 6.07 Å². The molecule has 1 aromatic carbocycles. The predicted octanol–water partition coefficient (Wildman–Crippen LogP) is 3.88. The fourth-order valence-electron chi connectivity index (χ4n) is 3.14. The number of hydrogen-bond acceptors (Lipinski definition) is 2. The molecule has 0 spiro atoms. The molecule has 1 aliphatic heterocycles. The molecule has 0 saturated carbocycles. The van der Waals surface area contributed by atoms with Crippen LogP contribution in [-0.4, -0.2) is 17.4 Å². The van der Waals surface area contributed by atoms with Crippen molar-refractivity contribution in [1.82, 2.24) is 10.3 Å². The van der Waals surface area contributed by atoms with Crippen molar-refractivity contribution < 1.29 is 4.79 Å². The normalized spacial score (nSPS) is 21.1. The Morgan fingerprint density at radius 3 is 2.82 bits per heavy atom. The van der Waals surface area contributed by atoms with Crippen molar-refractivity contribution in [3.8, 4) is 6.07 Å². The summed E-state index contributed by atoms with van der Waals surface area (Å²) in [7, 11) is 0. The van der Waals surface area contributed by atoms with Crippen LogP contribution in [0.5, 0.6) is 0 Å². The number of nitrogens with one attached hydrogen (secondary N) is 2. The highest BCUT2D eigenvalue weighted by atomic mass is 35.5. The maximum Gasteiger partial charge on any atom is 0.227 e. The summed E-state index contributed by atoms with van der Waals surface area (Å²) >= 11 is 12.5. The number of hydrogen-bond donors (Lipinski definition) is 2. The zero-order valence-electron chi connectivity index (χ0n) is 12.3. The minimum absolute atomic E-state index is 0.0134. The smallest absolute Gasteiger partial charge is 0.227 e. The Morgan fingerprint density at radius 1 is 1.41 bits per heavy atom. The fourth-order valence-corrected chi connectivity index (χ4v) is 3.57. The van der Waals surface area contributed by atoms with Gasteiger partial charge >= 0.3 is 0 Å². The van der Waals surface area contributed by atoms with Gasteiger partial charge in [0.25, 0.3) is 0 Å². The summed E-state index contributed by atoms with van der Waals surface area (Å²) in [6, 6.07) is 3.88. The molecule has 1 amide bonds. The molecule has 3 rings (SSSR count). The number of aromatic nitrogens is 1. The van der Waals surface area contributed by atoms with E-state index in [0.717, 1.165) is 27.7 Å². The molecule has 1 aliphatic rings. The molecule has 4 nitrogen and oxygen atoms in total. The van der Waals surface area contributed by atoms with E-state index in [-0.39, 0.29) is 24.2 Å². The van der Waals surface area contributed by atoms with Gasteiger partial charge in [-0.05, 0) is 24.1 Å². The van der Waals surface area contributed by atoms with Crippen LogP contribution >= 0.6 is 23.2 Å². The lowest BCUT2D eigenvalue weighted by molar-refractivity contribution is -0.122. The van der Waals surface area contributed by atoms with Gasteiger partial charge in [0.1, 0.15) is 0 Å². The number of rotatable bonds is 1. The summed E-state index contributed by atoms with van der Waals surface area (Å²) in [6.07, 6.45) is 0.223. The van der Waals surface area contributed by atoms with Crippen LogP contribution in [0, 0.1) is 11.3 Å². The fraction of sp³-hybridized carbons (Fsp3) is 0.375. The van der Waals surface area contributed by atoms with Crippen LogP contribution in [0.2, 0.25) is 10.0 Å². The van der Waals surface area contributed by atoms with Gasteiger partial charge in [-0.25, -0.2) is 0 Å². The van der Waals surface area contributed by atoms with Crippen molar-refractivity contribution in [3.63, 3.8) is 0 Å². The Hall–Kier alpha value is -1.70. The van der Waals surface area contributed by atoms with Crippen molar-refractivity contribution in [1.29, 1.82) is 5.26 Å². The molecule has 1 aromatic heterocycles. The standard InChI is InChI=1S/C16H15Cl2N3O/c1-7-6-20-16(22)8(2)11-12-9(3-4-19)5-10(17)13(18)15(12)21-14(7)11/h5,7-8,21H,3,6H2,1-2H3,(H,20,22)/t7-,8+/m0/s1. The van der Waals surface area contributed by atoms with Gasteiger partial charge in [-0.3, -0.25) is 4.79 Å². The monoisotopic (exact) mass is 335 g/mol. The summed E-state index contributed by atoms with van der Waals surface area (Å²) in [6.45, 7) is 4.49. The number of nitriles is 1. The second-order valence-corrected chi connectivity index (χ2v) is 6.52. The molecule has 114 valence electrons. The number of carbonyl (C=O) groups is 1. The molecule has 0 fully saturated rings. The zero-order chi connectivity index (χ0) is 16.0. The first-order chi connectivity index (χ1) is 10.5. The van der Waals surface area contributed by atoms with Crippen molar-refractivity contribution in [2.45, 2.75) is 32.1 Å². The number of aromatic amines is 1. The highest BCUT2D eigenvalue weighted by Crippen LogP contribution is 2.42. The quantitative estimate of drug-likeness (QED) is 0.830. The van der Waals surface area contributed by atoms with Crippen LogP contribution in [0.4, 0.5) is 0 Å². The maximum absolute atomic E-state index is 12.2. The molecule has 22 heavy (non-hydrogen) atoms. The van der Waals surface area contributed by atoms with Gasteiger partial charge in [0.15, 0.2) is 0 Å². The van der Waals surface area contributed by atoms with Gasteiger partial charge in [-0.1, -0.05) is 30.1 Å². The number of amides is 1. The van der Waals surface area contributed by atoms with Crippen LogP contribution in [0.25, 0.3) is 10.9 Å². The molecule has 0 aliphatic carbocycles. The van der Waals surface area contributed by atoms with Crippen molar-refractivity contribution in [3.05, 3.63) is 32.9 Å². The molecule has 2 heterocycles. The summed E-state index contributed by atoms with van der Waals surface area (Å²) in [4.78, 5) is 15.6. The lowest BCUT2D eigenvalue weighted by Crippen LogP contribution is -2.27. The van der Waals surface area contributed by atoms with Crippen molar-refractivity contribution in [2.24, 2.45) is 0 Å². The number of nitrogens with zero attached hydrogens (tertiary/aromatic N) is 1. The summed E-state index contributed by atoms with van der Waals surface area (Å²) < 4.78 is 0. The van der Waals surface area contributed by atoms with Gasteiger partial charge < -0.3 is 10.3 Å². The first-order valence-corrected chi connectivity index (χ1v) is 7.88. The number of carbonyl (C=O) groups excluding carboxylic acids is 1. The Balaban J connectivity index is 2.43. The van der Waals surface area contributed by atoms with E-state index < -0.39 is 0 Å². The third-order valence-corrected chi connectivity index (χ3v) is 5.08. The lowest BCUT2D eigenvalue weighted by Gasteiger charge is -2.11. The Bertz CT molecular complexity index is 819. The molecule has 0 bridgehead atoms. The van der Waals surface area contributed by atoms with Gasteiger partial charge in [0.05, 0.1) is 34.0 Å². The number of H-pyrrole nitrogens is 1. The second-order valence-electron chi connectivity index (χ2n) is 5.74. The summed E-state index contributed by atoms with van der Waals surface area (Å²) in [5.74, 6) is -0.176. The van der Waals surface area contributed by atoms with Gasteiger partial charge in [-0.2, -0.15) is 5.26 Å². The van der Waals surface area contributed by atoms with E-state index in [2.05, 4.69) is 16.4 Å². The molecule has 2 aromatic rings. The first-order valence-electron chi connectivity index (χ1n) is 7.12. The van der Waals surface area contributed by atoms with E-state index >= 15 is 0 Å². The van der Waals surface area contributed by atoms with E-state index in [4.69, 9.17) is 28.5 Å². The average molecular weight is 336 g/mol. The topological polar surface area (TPSA) is 68.7 Å². The zero-order valence-corrected chi connectivity index (χ0v) is 13.8. The number of benzene rings is 1. The summed E-state index contributed by atoms with van der Waals surface area (Å²) in [5, 5.41) is 13.7. The Morgan fingerprint density at radius 2 is 2.14 bits per heavy atom. The summed E-state index contributed by atoms with van der Waals surface area (Å²) in [5.41, 5.74) is 3.45. The lowest BCUT2D eigenvalue weighted by atomic mass is 9.91. The minimum Gasteiger partial charge on any atom is -0.357 e. The maximum atomic E-state index is 12.2. The largest absolute Gasteiger partial charge is 0.357 e. The SMILES string of the molecule is C[C@H]1CNC(=O)[C@H](C)c2c1[nH]c1c(Cl)c(Cl)cc(CC#N)c21. The first kappa shape index (κ1) is 15.2. The molecule has 0 radical (unpaired) electrons. The average Bonchev–Trinajstić information content (AvgIpc) is 2.85. The van der Waals surface area contributed by atoms with Crippen molar-refractivity contribution >= 4 is 40.0 Å².